The maximum Gasteiger partial charge on any atom is 0.320 e. The van der Waals surface area contributed by atoms with E-state index in [0.717, 1.165) is 19.5 Å². The van der Waals surface area contributed by atoms with Crippen LogP contribution in [0, 0.1) is 17.8 Å². The van der Waals surface area contributed by atoms with Crippen molar-refractivity contribution in [2.75, 3.05) is 19.6 Å². The maximum absolute atomic E-state index is 12.1. The summed E-state index contributed by atoms with van der Waals surface area (Å²) in [7, 11) is 0. The zero-order valence-electron chi connectivity index (χ0n) is 12.3. The summed E-state index contributed by atoms with van der Waals surface area (Å²) in [5.74, 6) is 0.110. The second-order valence-corrected chi connectivity index (χ2v) is 6.19. The van der Waals surface area contributed by atoms with Gasteiger partial charge < -0.3 is 10.0 Å². The zero-order chi connectivity index (χ0) is 14.6. The van der Waals surface area contributed by atoms with Gasteiger partial charge in [-0.15, -0.1) is 0 Å². The highest BCUT2D eigenvalue weighted by molar-refractivity contribution is 5.80. The number of nitrogens with zero attached hydrogens (tertiary/aromatic N) is 1. The largest absolute Gasteiger partial charge is 0.480 e. The number of carboxylic acid groups (broad SMARTS) is 1. The molecule has 0 aliphatic carbocycles. The normalized spacial score (nSPS) is 25.4. The molecule has 1 aliphatic heterocycles. The van der Waals surface area contributed by atoms with Crippen LogP contribution in [-0.4, -0.2) is 47.6 Å². The average Bonchev–Trinajstić information content (AvgIpc) is 2.26. The average molecular weight is 270 g/mol. The summed E-state index contributed by atoms with van der Waals surface area (Å²) in [6, 6.07) is -0.663. The number of nitrogens with one attached hydrogen (secondary N) is 1. The number of amides is 1. The van der Waals surface area contributed by atoms with Gasteiger partial charge in [-0.2, -0.15) is 0 Å². The molecule has 0 bridgehead atoms. The van der Waals surface area contributed by atoms with E-state index in [9.17, 15) is 9.59 Å². The lowest BCUT2D eigenvalue weighted by Gasteiger charge is -2.35. The van der Waals surface area contributed by atoms with Crippen molar-refractivity contribution >= 4 is 11.9 Å². The molecule has 1 amide bonds. The number of carbonyl (C=O) groups excluding carboxylic acids is 1. The minimum absolute atomic E-state index is 0.00491. The molecule has 0 saturated carbocycles. The van der Waals surface area contributed by atoms with Crippen molar-refractivity contribution in [1.82, 2.24) is 10.2 Å². The van der Waals surface area contributed by atoms with Crippen LogP contribution in [0.25, 0.3) is 0 Å². The van der Waals surface area contributed by atoms with Gasteiger partial charge in [-0.3, -0.25) is 14.9 Å². The van der Waals surface area contributed by atoms with E-state index in [1.165, 1.54) is 0 Å². The van der Waals surface area contributed by atoms with Gasteiger partial charge in [0.1, 0.15) is 6.04 Å². The molecule has 110 valence electrons. The first-order valence-corrected chi connectivity index (χ1v) is 7.05. The Hall–Kier alpha value is -1.10. The van der Waals surface area contributed by atoms with E-state index in [1.54, 1.807) is 0 Å². The number of carbonyl (C=O) groups is 2. The molecule has 5 heteroatoms. The lowest BCUT2D eigenvalue weighted by molar-refractivity contribution is -0.141. The molecule has 19 heavy (non-hydrogen) atoms. The fraction of sp³-hybridized carbons (Fsp3) is 0.857. The third kappa shape index (κ3) is 4.82. The molecular weight excluding hydrogens is 244 g/mol. The number of rotatable bonds is 5. The lowest BCUT2D eigenvalue weighted by atomic mass is 9.92. The van der Waals surface area contributed by atoms with Gasteiger partial charge in [-0.25, -0.2) is 0 Å². The Morgan fingerprint density at radius 1 is 1.26 bits per heavy atom. The van der Waals surface area contributed by atoms with E-state index in [1.807, 2.05) is 18.7 Å². The summed E-state index contributed by atoms with van der Waals surface area (Å²) in [5.41, 5.74) is 0. The van der Waals surface area contributed by atoms with Gasteiger partial charge in [0.05, 0.1) is 6.54 Å². The van der Waals surface area contributed by atoms with E-state index in [-0.39, 0.29) is 18.4 Å². The summed E-state index contributed by atoms with van der Waals surface area (Å²) in [6.45, 7) is 9.64. The molecule has 1 fully saturated rings. The van der Waals surface area contributed by atoms with Crippen molar-refractivity contribution < 1.29 is 14.7 Å². The van der Waals surface area contributed by atoms with Crippen molar-refractivity contribution in [3.63, 3.8) is 0 Å². The van der Waals surface area contributed by atoms with E-state index in [0.29, 0.717) is 11.8 Å². The van der Waals surface area contributed by atoms with E-state index in [2.05, 4.69) is 19.2 Å². The van der Waals surface area contributed by atoms with Gasteiger partial charge in [0, 0.05) is 13.1 Å². The quantitative estimate of drug-likeness (QED) is 0.787. The molecule has 3 atom stereocenters. The van der Waals surface area contributed by atoms with Gasteiger partial charge >= 0.3 is 5.97 Å². The highest BCUT2D eigenvalue weighted by atomic mass is 16.4. The maximum atomic E-state index is 12.1. The standard InChI is InChI=1S/C14H26N2O3/c1-9(2)13(14(18)19)15-6-12(17)16-7-10(3)5-11(4)8-16/h9-11,13,15H,5-8H2,1-4H3,(H,18,19). The first-order chi connectivity index (χ1) is 8.81. The van der Waals surface area contributed by atoms with Crippen LogP contribution in [-0.2, 0) is 9.59 Å². The topological polar surface area (TPSA) is 69.6 Å². The van der Waals surface area contributed by atoms with Crippen molar-refractivity contribution in [3.05, 3.63) is 0 Å². The first-order valence-electron chi connectivity index (χ1n) is 7.05. The molecule has 3 unspecified atom stereocenters. The molecular formula is C14H26N2O3. The van der Waals surface area contributed by atoms with Crippen LogP contribution in [0.15, 0.2) is 0 Å². The second kappa shape index (κ2) is 6.89. The number of hydrogen-bond acceptors (Lipinski definition) is 3. The van der Waals surface area contributed by atoms with Gasteiger partial charge in [-0.05, 0) is 24.2 Å². The summed E-state index contributed by atoms with van der Waals surface area (Å²) < 4.78 is 0. The monoisotopic (exact) mass is 270 g/mol. The van der Waals surface area contributed by atoms with Crippen molar-refractivity contribution in [1.29, 1.82) is 0 Å². The molecule has 0 aromatic rings. The molecule has 1 saturated heterocycles. The summed E-state index contributed by atoms with van der Waals surface area (Å²) in [4.78, 5) is 25.0. The van der Waals surface area contributed by atoms with Gasteiger partial charge in [0.15, 0.2) is 0 Å². The molecule has 0 spiro atoms. The minimum Gasteiger partial charge on any atom is -0.480 e. The molecule has 5 nitrogen and oxygen atoms in total. The Labute approximate surface area is 115 Å². The zero-order valence-corrected chi connectivity index (χ0v) is 12.3. The Morgan fingerprint density at radius 3 is 2.21 bits per heavy atom. The van der Waals surface area contributed by atoms with E-state index < -0.39 is 12.0 Å². The van der Waals surface area contributed by atoms with Gasteiger partial charge in [0.2, 0.25) is 5.91 Å². The molecule has 1 rings (SSSR count). The molecule has 0 radical (unpaired) electrons. The van der Waals surface area contributed by atoms with Gasteiger partial charge in [0.25, 0.3) is 0 Å². The smallest absolute Gasteiger partial charge is 0.320 e. The Bertz CT molecular complexity index is 321. The number of carboxylic acids is 1. The number of piperidine rings is 1. The third-order valence-electron chi connectivity index (χ3n) is 3.63. The second-order valence-electron chi connectivity index (χ2n) is 6.19. The van der Waals surface area contributed by atoms with Gasteiger partial charge in [-0.1, -0.05) is 27.7 Å². The molecule has 2 N–H and O–H groups in total. The Morgan fingerprint density at radius 2 is 1.79 bits per heavy atom. The SMILES string of the molecule is CC1CC(C)CN(C(=O)CNC(C(=O)O)C(C)C)C1. The van der Waals surface area contributed by atoms with E-state index >= 15 is 0 Å². The van der Waals surface area contributed by atoms with Crippen LogP contribution < -0.4 is 5.32 Å². The minimum atomic E-state index is -0.900. The summed E-state index contributed by atoms with van der Waals surface area (Å²) in [6.07, 6.45) is 1.15. The van der Waals surface area contributed by atoms with Crippen LogP contribution in [0.3, 0.4) is 0 Å². The van der Waals surface area contributed by atoms with Crippen molar-refractivity contribution in [2.45, 2.75) is 40.2 Å². The molecule has 0 aromatic carbocycles. The summed E-state index contributed by atoms with van der Waals surface area (Å²) in [5, 5.41) is 11.9. The Balaban J connectivity index is 2.48. The number of likely N-dealkylation sites (tertiary alicyclic amines) is 1. The number of aliphatic carboxylic acids is 1. The fourth-order valence-electron chi connectivity index (χ4n) is 2.78. The van der Waals surface area contributed by atoms with Crippen molar-refractivity contribution in [3.8, 4) is 0 Å². The molecule has 1 heterocycles. The van der Waals surface area contributed by atoms with E-state index in [4.69, 9.17) is 5.11 Å². The lowest BCUT2D eigenvalue weighted by Crippen LogP contribution is -2.50. The Kier molecular flexibility index (Phi) is 5.79. The predicted molar refractivity (Wildman–Crippen MR) is 73.8 cm³/mol. The van der Waals surface area contributed by atoms with Crippen LogP contribution >= 0.6 is 0 Å². The first kappa shape index (κ1) is 16.0. The summed E-state index contributed by atoms with van der Waals surface area (Å²) >= 11 is 0. The fourth-order valence-corrected chi connectivity index (χ4v) is 2.78. The van der Waals surface area contributed by atoms with Crippen LogP contribution in [0.1, 0.15) is 34.1 Å². The van der Waals surface area contributed by atoms with Crippen LogP contribution in [0.5, 0.6) is 0 Å². The highest BCUT2D eigenvalue weighted by Gasteiger charge is 2.27. The molecule has 1 aliphatic rings. The van der Waals surface area contributed by atoms with Crippen LogP contribution in [0.2, 0.25) is 0 Å². The van der Waals surface area contributed by atoms with Crippen molar-refractivity contribution in [2.24, 2.45) is 17.8 Å². The highest BCUT2D eigenvalue weighted by Crippen LogP contribution is 2.20. The predicted octanol–water partition coefficient (Wildman–Crippen LogP) is 1.19. The number of hydrogen-bond donors (Lipinski definition) is 2. The third-order valence-corrected chi connectivity index (χ3v) is 3.63. The molecule has 0 aromatic heterocycles. The van der Waals surface area contributed by atoms with Crippen LogP contribution in [0.4, 0.5) is 0 Å².